The van der Waals surface area contributed by atoms with Crippen LogP contribution in [0.15, 0.2) is 23.1 Å². The molecule has 0 unspecified atom stereocenters. The zero-order chi connectivity index (χ0) is 24.2. The van der Waals surface area contributed by atoms with Gasteiger partial charge in [-0.3, -0.25) is 4.79 Å². The molecule has 2 aromatic rings. The molecule has 7 nitrogen and oxygen atoms in total. The van der Waals surface area contributed by atoms with Crippen molar-refractivity contribution in [1.29, 1.82) is 0 Å². The van der Waals surface area contributed by atoms with Gasteiger partial charge in [0.05, 0.1) is 15.9 Å². The van der Waals surface area contributed by atoms with E-state index in [1.54, 1.807) is 16.4 Å². The monoisotopic (exact) mass is 498 g/mol. The summed E-state index contributed by atoms with van der Waals surface area (Å²) in [5, 5.41) is 3.38. The summed E-state index contributed by atoms with van der Waals surface area (Å²) in [5.41, 5.74) is 1.65. The van der Waals surface area contributed by atoms with Crippen LogP contribution in [0.3, 0.4) is 0 Å². The van der Waals surface area contributed by atoms with Crippen LogP contribution in [0.25, 0.3) is 11.0 Å². The van der Waals surface area contributed by atoms with Crippen LogP contribution in [0.1, 0.15) is 70.5 Å². The number of carbonyl (C=O) groups excluding carboxylic acids is 1. The first-order valence-corrected chi connectivity index (χ1v) is 15.2. The molecule has 0 radical (unpaired) electrons. The van der Waals surface area contributed by atoms with Gasteiger partial charge in [-0.25, -0.2) is 13.4 Å². The van der Waals surface area contributed by atoms with E-state index in [1.807, 2.05) is 6.07 Å². The summed E-state index contributed by atoms with van der Waals surface area (Å²) >= 11 is 0. The van der Waals surface area contributed by atoms with E-state index >= 15 is 0 Å². The molecule has 1 amide bonds. The molecule has 1 saturated heterocycles. The Hall–Kier alpha value is -1.93. The van der Waals surface area contributed by atoms with Crippen molar-refractivity contribution in [2.24, 2.45) is 23.7 Å². The molecule has 6 rings (SSSR count). The van der Waals surface area contributed by atoms with E-state index in [0.29, 0.717) is 48.3 Å². The number of hydrogen-bond acceptors (Lipinski definition) is 4. The Morgan fingerprint density at radius 1 is 1.09 bits per heavy atom. The molecule has 2 heterocycles. The highest BCUT2D eigenvalue weighted by molar-refractivity contribution is 7.89. The predicted octanol–water partition coefficient (Wildman–Crippen LogP) is 4.10. The highest BCUT2D eigenvalue weighted by Gasteiger charge is 2.53. The number of rotatable bonds is 8. The van der Waals surface area contributed by atoms with Crippen molar-refractivity contribution in [2.45, 2.75) is 88.6 Å². The molecule has 1 aromatic carbocycles. The highest BCUT2D eigenvalue weighted by atomic mass is 32.2. The van der Waals surface area contributed by atoms with E-state index in [0.717, 1.165) is 54.9 Å². The number of hydrogen-bond donors (Lipinski definition) is 1. The van der Waals surface area contributed by atoms with Crippen molar-refractivity contribution in [1.82, 2.24) is 19.2 Å². The Morgan fingerprint density at radius 2 is 1.89 bits per heavy atom. The minimum atomic E-state index is -3.48. The van der Waals surface area contributed by atoms with Crippen molar-refractivity contribution in [3.05, 3.63) is 24.0 Å². The third-order valence-corrected chi connectivity index (χ3v) is 11.2. The van der Waals surface area contributed by atoms with Crippen molar-refractivity contribution >= 4 is 27.0 Å². The number of aryl methyl sites for hydroxylation is 2. The average Bonchev–Trinajstić information content (AvgIpc) is 3.65. The number of carbonyl (C=O) groups is 1. The van der Waals surface area contributed by atoms with Crippen molar-refractivity contribution in [3.63, 3.8) is 0 Å². The average molecular weight is 499 g/mol. The standard InChI is InChI=1S/C27H38N4O3S/c1-2-12-31-25-9-8-19(35(33,34)30-13-3-4-14-30)17-24(25)28-26(31)10-11-27(32)29-23-16-18-15-22(23)21-7-5-6-20(18)21/h8-9,17-18,20-23H,2-7,10-16H2,1H3,(H,29,32)/t18-,20-,21-,22+,23-/m1/s1. The molecular weight excluding hydrogens is 460 g/mol. The summed E-state index contributed by atoms with van der Waals surface area (Å²) in [6.07, 6.45) is 10.4. The SMILES string of the molecule is CCCn1c(CCC(=O)N[C@@H]2C[C@H]3C[C@H]2[C@@H]2CCC[C@H]32)nc2cc(S(=O)(=O)N3CCCC3)ccc21. The van der Waals surface area contributed by atoms with E-state index in [2.05, 4.69) is 16.8 Å². The molecule has 1 N–H and O–H groups in total. The van der Waals surface area contributed by atoms with E-state index in [-0.39, 0.29) is 5.91 Å². The normalized spacial score (nSPS) is 30.4. The van der Waals surface area contributed by atoms with Crippen LogP contribution >= 0.6 is 0 Å². The van der Waals surface area contributed by atoms with E-state index in [4.69, 9.17) is 4.98 Å². The molecule has 4 aliphatic rings. The molecule has 4 fully saturated rings. The summed E-state index contributed by atoms with van der Waals surface area (Å²) in [4.78, 5) is 18.1. The largest absolute Gasteiger partial charge is 0.353 e. The summed E-state index contributed by atoms with van der Waals surface area (Å²) in [6.45, 7) is 4.12. The molecular formula is C27H38N4O3S. The molecule has 8 heteroatoms. The lowest BCUT2D eigenvalue weighted by Crippen LogP contribution is -2.42. The smallest absolute Gasteiger partial charge is 0.243 e. The fourth-order valence-corrected chi connectivity index (χ4v) is 9.34. The van der Waals surface area contributed by atoms with E-state index in [9.17, 15) is 13.2 Å². The molecule has 1 aromatic heterocycles. The first-order chi connectivity index (χ1) is 17.0. The summed E-state index contributed by atoms with van der Waals surface area (Å²) in [5.74, 6) is 4.30. The lowest BCUT2D eigenvalue weighted by molar-refractivity contribution is -0.122. The summed E-state index contributed by atoms with van der Waals surface area (Å²) < 4.78 is 29.8. The lowest BCUT2D eigenvalue weighted by Gasteiger charge is -2.32. The number of amides is 1. The van der Waals surface area contributed by atoms with Crippen LogP contribution in [-0.4, -0.2) is 47.3 Å². The number of sulfonamides is 1. The van der Waals surface area contributed by atoms with Gasteiger partial charge < -0.3 is 9.88 Å². The summed E-state index contributed by atoms with van der Waals surface area (Å²) in [7, 11) is -3.48. The van der Waals surface area contributed by atoms with Gasteiger partial charge >= 0.3 is 0 Å². The van der Waals surface area contributed by atoms with Crippen molar-refractivity contribution in [2.75, 3.05) is 13.1 Å². The van der Waals surface area contributed by atoms with Crippen LogP contribution in [0.2, 0.25) is 0 Å². The van der Waals surface area contributed by atoms with Gasteiger partial charge in [-0.2, -0.15) is 4.31 Å². The number of nitrogens with zero attached hydrogens (tertiary/aromatic N) is 3. The molecule has 0 spiro atoms. The second kappa shape index (κ2) is 9.18. The third kappa shape index (κ3) is 4.10. The van der Waals surface area contributed by atoms with Gasteiger partial charge in [-0.1, -0.05) is 13.3 Å². The van der Waals surface area contributed by atoms with Crippen molar-refractivity contribution < 1.29 is 13.2 Å². The predicted molar refractivity (Wildman–Crippen MR) is 135 cm³/mol. The maximum Gasteiger partial charge on any atom is 0.243 e. The van der Waals surface area contributed by atoms with Gasteiger partial charge in [0.2, 0.25) is 15.9 Å². The quantitative estimate of drug-likeness (QED) is 0.594. The number of benzene rings is 1. The van der Waals surface area contributed by atoms with Crippen LogP contribution in [0.4, 0.5) is 0 Å². The fraction of sp³-hybridized carbons (Fsp3) is 0.704. The van der Waals surface area contributed by atoms with E-state index in [1.165, 1.54) is 32.1 Å². The zero-order valence-electron chi connectivity index (χ0n) is 20.8. The first-order valence-electron chi connectivity index (χ1n) is 13.7. The number of imidazole rings is 1. The highest BCUT2D eigenvalue weighted by Crippen LogP contribution is 2.58. The van der Waals surface area contributed by atoms with Gasteiger partial charge in [-0.05, 0) is 86.8 Å². The maximum absolute atomic E-state index is 13.0. The van der Waals surface area contributed by atoms with Crippen LogP contribution < -0.4 is 5.32 Å². The molecule has 190 valence electrons. The fourth-order valence-electron chi connectivity index (χ4n) is 7.80. The Bertz CT molecular complexity index is 1220. The second-order valence-electron chi connectivity index (χ2n) is 11.3. The Balaban J connectivity index is 1.16. The Kier molecular flexibility index (Phi) is 6.16. The minimum Gasteiger partial charge on any atom is -0.353 e. The van der Waals surface area contributed by atoms with Gasteiger partial charge in [0.1, 0.15) is 5.82 Å². The molecule has 3 aliphatic carbocycles. The molecule has 35 heavy (non-hydrogen) atoms. The molecule has 1 aliphatic heterocycles. The zero-order valence-corrected chi connectivity index (χ0v) is 21.6. The first kappa shape index (κ1) is 23.5. The number of fused-ring (bicyclic) bond motifs is 6. The molecule has 3 saturated carbocycles. The lowest BCUT2D eigenvalue weighted by atomic mass is 9.79. The van der Waals surface area contributed by atoms with E-state index < -0.39 is 10.0 Å². The Morgan fingerprint density at radius 3 is 2.69 bits per heavy atom. The van der Waals surface area contributed by atoms with Gasteiger partial charge in [0, 0.05) is 38.5 Å². The van der Waals surface area contributed by atoms with Gasteiger partial charge in [0.15, 0.2) is 0 Å². The third-order valence-electron chi connectivity index (χ3n) is 9.30. The van der Waals surface area contributed by atoms with Crippen LogP contribution in [-0.2, 0) is 27.8 Å². The maximum atomic E-state index is 13.0. The van der Waals surface area contributed by atoms with Gasteiger partial charge in [-0.15, -0.1) is 0 Å². The number of nitrogens with one attached hydrogen (secondary N) is 1. The molecule has 5 atom stereocenters. The number of aromatic nitrogens is 2. The second-order valence-corrected chi connectivity index (χ2v) is 13.2. The molecule has 2 bridgehead atoms. The van der Waals surface area contributed by atoms with Crippen LogP contribution in [0, 0.1) is 23.7 Å². The topological polar surface area (TPSA) is 84.3 Å². The van der Waals surface area contributed by atoms with Crippen molar-refractivity contribution in [3.8, 4) is 0 Å². The minimum absolute atomic E-state index is 0.129. The Labute approximate surface area is 208 Å². The van der Waals surface area contributed by atoms with Gasteiger partial charge in [0.25, 0.3) is 0 Å². The summed E-state index contributed by atoms with van der Waals surface area (Å²) in [6, 6.07) is 5.68. The van der Waals surface area contributed by atoms with Crippen LogP contribution in [0.5, 0.6) is 0 Å².